The summed E-state index contributed by atoms with van der Waals surface area (Å²) in [6.07, 6.45) is 2.05. The second-order valence-electron chi connectivity index (χ2n) is 6.16. The van der Waals surface area contributed by atoms with E-state index in [-0.39, 0.29) is 12.1 Å². The van der Waals surface area contributed by atoms with E-state index >= 15 is 0 Å². The minimum Gasteiger partial charge on any atom is -0.337 e. The van der Waals surface area contributed by atoms with Crippen LogP contribution in [-0.4, -0.2) is 36.8 Å². The zero-order valence-corrected chi connectivity index (χ0v) is 16.0. The third kappa shape index (κ3) is 6.80. The molecule has 0 aliphatic carbocycles. The molecule has 0 saturated heterocycles. The van der Waals surface area contributed by atoms with Crippen molar-refractivity contribution in [2.45, 2.75) is 31.0 Å². The quantitative estimate of drug-likeness (QED) is 0.708. The van der Waals surface area contributed by atoms with Gasteiger partial charge < -0.3 is 10.6 Å². The maximum atomic E-state index is 12.0. The van der Waals surface area contributed by atoms with Crippen LogP contribution in [0.1, 0.15) is 18.1 Å². The summed E-state index contributed by atoms with van der Waals surface area (Å²) in [5, 5.41) is 5.85. The summed E-state index contributed by atoms with van der Waals surface area (Å²) in [6.45, 7) is 4.13. The number of amides is 2. The number of nitrogens with one attached hydrogen (secondary N) is 2. The maximum Gasteiger partial charge on any atom is 0.315 e. The number of carbonyl (C=O) groups excluding carboxylic acids is 1. The molecule has 4 nitrogen and oxygen atoms in total. The van der Waals surface area contributed by atoms with E-state index in [2.05, 4.69) is 60.0 Å². The molecule has 1 atom stereocenters. The lowest BCUT2D eigenvalue weighted by Gasteiger charge is -2.25. The van der Waals surface area contributed by atoms with Gasteiger partial charge in [-0.15, -0.1) is 11.8 Å². The highest BCUT2D eigenvalue weighted by atomic mass is 32.2. The number of urea groups is 1. The topological polar surface area (TPSA) is 44.4 Å². The van der Waals surface area contributed by atoms with Crippen LogP contribution in [0.2, 0.25) is 0 Å². The Labute approximate surface area is 155 Å². The number of nitrogens with zero attached hydrogens (tertiary/aromatic N) is 1. The van der Waals surface area contributed by atoms with Crippen molar-refractivity contribution in [1.82, 2.24) is 15.5 Å². The van der Waals surface area contributed by atoms with E-state index in [0.29, 0.717) is 13.1 Å². The van der Waals surface area contributed by atoms with Gasteiger partial charge in [0.1, 0.15) is 0 Å². The highest BCUT2D eigenvalue weighted by Gasteiger charge is 2.11. The minimum absolute atomic E-state index is 0.131. The van der Waals surface area contributed by atoms with Crippen molar-refractivity contribution in [3.8, 4) is 0 Å². The largest absolute Gasteiger partial charge is 0.337 e. The van der Waals surface area contributed by atoms with Crippen LogP contribution in [0.4, 0.5) is 4.79 Å². The van der Waals surface area contributed by atoms with Crippen molar-refractivity contribution in [3.63, 3.8) is 0 Å². The average molecular weight is 358 g/mol. The van der Waals surface area contributed by atoms with Gasteiger partial charge in [0.25, 0.3) is 0 Å². The van der Waals surface area contributed by atoms with E-state index in [0.717, 1.165) is 12.1 Å². The summed E-state index contributed by atoms with van der Waals surface area (Å²) >= 11 is 1.71. The number of hydrogen-bond donors (Lipinski definition) is 2. The highest BCUT2D eigenvalue weighted by molar-refractivity contribution is 7.98. The van der Waals surface area contributed by atoms with Gasteiger partial charge >= 0.3 is 6.03 Å². The summed E-state index contributed by atoms with van der Waals surface area (Å²) < 4.78 is 0. The lowest BCUT2D eigenvalue weighted by atomic mass is 10.2. The van der Waals surface area contributed by atoms with Crippen LogP contribution in [0.5, 0.6) is 0 Å². The molecule has 0 radical (unpaired) electrons. The first kappa shape index (κ1) is 19.3. The van der Waals surface area contributed by atoms with Crippen molar-refractivity contribution < 1.29 is 4.79 Å². The van der Waals surface area contributed by atoms with Gasteiger partial charge in [-0.25, -0.2) is 4.79 Å². The Morgan fingerprint density at radius 2 is 1.72 bits per heavy atom. The first-order valence-electron chi connectivity index (χ1n) is 8.47. The van der Waals surface area contributed by atoms with E-state index in [9.17, 15) is 4.79 Å². The Hall–Kier alpha value is -1.98. The molecular formula is C20H27N3OS. The van der Waals surface area contributed by atoms with E-state index in [1.54, 1.807) is 11.8 Å². The number of thioether (sulfide) groups is 1. The molecule has 0 bridgehead atoms. The number of hydrogen-bond acceptors (Lipinski definition) is 3. The predicted octanol–water partition coefficient (Wildman–Crippen LogP) is 3.73. The number of benzene rings is 2. The number of likely N-dealkylation sites (N-methyl/N-ethyl adjacent to an activating group) is 1. The van der Waals surface area contributed by atoms with Crippen molar-refractivity contribution >= 4 is 17.8 Å². The van der Waals surface area contributed by atoms with Gasteiger partial charge in [0.15, 0.2) is 0 Å². The van der Waals surface area contributed by atoms with Crippen LogP contribution in [0.25, 0.3) is 0 Å². The third-order valence-corrected chi connectivity index (χ3v) is 4.94. The van der Waals surface area contributed by atoms with Gasteiger partial charge in [-0.3, -0.25) is 4.90 Å². The molecule has 2 rings (SSSR count). The minimum atomic E-state index is -0.131. The van der Waals surface area contributed by atoms with E-state index in [1.807, 2.05) is 30.3 Å². The van der Waals surface area contributed by atoms with Crippen molar-refractivity contribution in [1.29, 1.82) is 0 Å². The standard InChI is InChI=1S/C20H27N3OS/c1-16(23(2)15-18-7-5-4-6-8-18)13-21-20(24)22-14-17-9-11-19(25-3)12-10-17/h4-12,16H,13-15H2,1-3H3,(H2,21,22,24). The van der Waals surface area contributed by atoms with Crippen LogP contribution in [-0.2, 0) is 13.1 Å². The normalized spacial score (nSPS) is 12.0. The van der Waals surface area contributed by atoms with Gasteiger partial charge in [-0.1, -0.05) is 42.5 Å². The molecular weight excluding hydrogens is 330 g/mol. The molecule has 134 valence electrons. The third-order valence-electron chi connectivity index (χ3n) is 4.20. The van der Waals surface area contributed by atoms with Gasteiger partial charge in [-0.2, -0.15) is 0 Å². The van der Waals surface area contributed by atoms with E-state index < -0.39 is 0 Å². The second-order valence-corrected chi connectivity index (χ2v) is 7.04. The first-order valence-corrected chi connectivity index (χ1v) is 9.69. The molecule has 5 heteroatoms. The summed E-state index contributed by atoms with van der Waals surface area (Å²) in [6, 6.07) is 18.7. The fourth-order valence-corrected chi connectivity index (χ4v) is 2.82. The summed E-state index contributed by atoms with van der Waals surface area (Å²) in [5.74, 6) is 0. The molecule has 0 fully saturated rings. The zero-order chi connectivity index (χ0) is 18.1. The molecule has 0 spiro atoms. The monoisotopic (exact) mass is 357 g/mol. The lowest BCUT2D eigenvalue weighted by Crippen LogP contribution is -2.43. The molecule has 2 aromatic carbocycles. The summed E-state index contributed by atoms with van der Waals surface area (Å²) in [7, 11) is 2.07. The first-order chi connectivity index (χ1) is 12.1. The van der Waals surface area contributed by atoms with Crippen molar-refractivity contribution in [3.05, 3.63) is 65.7 Å². The molecule has 1 unspecified atom stereocenters. The SMILES string of the molecule is CSc1ccc(CNC(=O)NCC(C)N(C)Cc2ccccc2)cc1. The molecule has 2 aromatic rings. The number of carbonyl (C=O) groups is 1. The molecule has 0 heterocycles. The van der Waals surface area contributed by atoms with Crippen LogP contribution in [0.15, 0.2) is 59.5 Å². The van der Waals surface area contributed by atoms with Crippen LogP contribution < -0.4 is 10.6 Å². The Morgan fingerprint density at radius 1 is 1.04 bits per heavy atom. The van der Waals surface area contributed by atoms with Gasteiger partial charge in [0.05, 0.1) is 0 Å². The Morgan fingerprint density at radius 3 is 2.36 bits per heavy atom. The Balaban J connectivity index is 1.69. The molecule has 0 aromatic heterocycles. The smallest absolute Gasteiger partial charge is 0.315 e. The summed E-state index contributed by atoms with van der Waals surface area (Å²) in [5.41, 5.74) is 2.37. The van der Waals surface area contributed by atoms with Gasteiger partial charge in [0.2, 0.25) is 0 Å². The average Bonchev–Trinajstić information content (AvgIpc) is 2.65. The van der Waals surface area contributed by atoms with Crippen molar-refractivity contribution in [2.75, 3.05) is 19.8 Å². The molecule has 0 aliphatic heterocycles. The van der Waals surface area contributed by atoms with Crippen LogP contribution >= 0.6 is 11.8 Å². The van der Waals surface area contributed by atoms with E-state index in [1.165, 1.54) is 10.5 Å². The molecule has 0 saturated carbocycles. The van der Waals surface area contributed by atoms with Gasteiger partial charge in [-0.05, 0) is 43.5 Å². The van der Waals surface area contributed by atoms with Gasteiger partial charge in [0, 0.05) is 30.6 Å². The summed E-state index contributed by atoms with van der Waals surface area (Å²) in [4.78, 5) is 15.4. The highest BCUT2D eigenvalue weighted by Crippen LogP contribution is 2.14. The predicted molar refractivity (Wildman–Crippen MR) is 106 cm³/mol. The second kappa shape index (κ2) is 10.1. The van der Waals surface area contributed by atoms with Crippen molar-refractivity contribution in [2.24, 2.45) is 0 Å². The zero-order valence-electron chi connectivity index (χ0n) is 15.2. The van der Waals surface area contributed by atoms with Crippen LogP contribution in [0.3, 0.4) is 0 Å². The maximum absolute atomic E-state index is 12.0. The molecule has 0 aliphatic rings. The Bertz CT molecular complexity index is 646. The van der Waals surface area contributed by atoms with E-state index in [4.69, 9.17) is 0 Å². The fraction of sp³-hybridized carbons (Fsp3) is 0.350. The molecule has 2 amide bonds. The van der Waals surface area contributed by atoms with Crippen LogP contribution in [0, 0.1) is 0 Å². The molecule has 2 N–H and O–H groups in total. The molecule has 25 heavy (non-hydrogen) atoms. The number of rotatable bonds is 8. The lowest BCUT2D eigenvalue weighted by molar-refractivity contribution is 0.223. The fourth-order valence-electron chi connectivity index (χ4n) is 2.41. The Kier molecular flexibility index (Phi) is 7.82.